The largest absolute Gasteiger partial charge is 0.348 e. The first-order valence-electron chi connectivity index (χ1n) is 4.38. The van der Waals surface area contributed by atoms with Gasteiger partial charge in [0.05, 0.1) is 17.6 Å². The normalized spacial score (nSPS) is 14.8. The first kappa shape index (κ1) is 12.2. The Morgan fingerprint density at radius 3 is 1.33 bits per heavy atom. The summed E-state index contributed by atoms with van der Waals surface area (Å²) >= 11 is 5.88. The van der Waals surface area contributed by atoms with Gasteiger partial charge >= 0.3 is 0 Å². The van der Waals surface area contributed by atoms with E-state index in [1.165, 1.54) is 0 Å². The topological polar surface area (TPSA) is 18.5 Å². The van der Waals surface area contributed by atoms with Gasteiger partial charge in [0, 0.05) is 0 Å². The summed E-state index contributed by atoms with van der Waals surface area (Å²) in [5.41, 5.74) is 0. The fraction of sp³-hybridized carbons (Fsp3) is 1.00. The maximum atomic E-state index is 5.88. The third-order valence-corrected chi connectivity index (χ3v) is 1.39. The van der Waals surface area contributed by atoms with Crippen LogP contribution in [0.4, 0.5) is 0 Å². The molecule has 0 saturated heterocycles. The van der Waals surface area contributed by atoms with Crippen LogP contribution in [0.2, 0.25) is 0 Å². The van der Waals surface area contributed by atoms with E-state index in [0.717, 1.165) is 0 Å². The molecule has 0 fully saturated rings. The van der Waals surface area contributed by atoms with Gasteiger partial charge in [-0.05, 0) is 34.6 Å². The molecule has 0 heterocycles. The van der Waals surface area contributed by atoms with Gasteiger partial charge in [0.2, 0.25) is 0 Å². The van der Waals surface area contributed by atoms with Gasteiger partial charge in [-0.25, -0.2) is 0 Å². The minimum atomic E-state index is -0.299. The number of halogens is 1. The summed E-state index contributed by atoms with van der Waals surface area (Å²) in [6.45, 7) is 9.74. The molecule has 12 heavy (non-hydrogen) atoms. The van der Waals surface area contributed by atoms with E-state index in [1.807, 2.05) is 34.6 Å². The maximum absolute atomic E-state index is 5.88. The molecule has 0 rings (SSSR count). The van der Waals surface area contributed by atoms with Crippen molar-refractivity contribution in [2.45, 2.75) is 58.5 Å². The molecule has 0 aromatic carbocycles. The summed E-state index contributed by atoms with van der Waals surface area (Å²) in [5.74, 6) is 0. The summed E-state index contributed by atoms with van der Waals surface area (Å²) in [6, 6.07) is 0. The molecule has 1 unspecified atom stereocenters. The van der Waals surface area contributed by atoms with E-state index in [9.17, 15) is 0 Å². The van der Waals surface area contributed by atoms with Gasteiger partial charge in [0.25, 0.3) is 0 Å². The fourth-order valence-electron chi connectivity index (χ4n) is 0.785. The van der Waals surface area contributed by atoms with Crippen molar-refractivity contribution in [3.05, 3.63) is 0 Å². The molecule has 0 saturated carbocycles. The van der Waals surface area contributed by atoms with Crippen LogP contribution in [0.5, 0.6) is 0 Å². The number of hydrogen-bond acceptors (Lipinski definition) is 2. The van der Waals surface area contributed by atoms with Gasteiger partial charge in [-0.1, -0.05) is 0 Å². The Labute approximate surface area is 80.2 Å². The molecule has 0 spiro atoms. The molecule has 0 radical (unpaired) electrons. The predicted molar refractivity (Wildman–Crippen MR) is 51.5 cm³/mol. The highest BCUT2D eigenvalue weighted by Gasteiger charge is 2.18. The van der Waals surface area contributed by atoms with Gasteiger partial charge in [0.15, 0.2) is 6.29 Å². The zero-order valence-electron chi connectivity index (χ0n) is 8.50. The Morgan fingerprint density at radius 2 is 1.17 bits per heavy atom. The zero-order chi connectivity index (χ0) is 9.72. The number of hydrogen-bond donors (Lipinski definition) is 0. The smallest absolute Gasteiger partial charge is 0.174 e. The lowest BCUT2D eigenvalue weighted by Gasteiger charge is -2.24. The molecule has 0 bridgehead atoms. The second-order valence-electron chi connectivity index (χ2n) is 3.42. The van der Waals surface area contributed by atoms with Crippen molar-refractivity contribution in [1.82, 2.24) is 0 Å². The van der Waals surface area contributed by atoms with Crippen molar-refractivity contribution >= 4 is 11.6 Å². The quantitative estimate of drug-likeness (QED) is 0.495. The monoisotopic (exact) mass is 194 g/mol. The molecule has 0 aromatic heterocycles. The summed E-state index contributed by atoms with van der Waals surface area (Å²) in [7, 11) is 0. The van der Waals surface area contributed by atoms with E-state index < -0.39 is 0 Å². The van der Waals surface area contributed by atoms with E-state index in [2.05, 4.69) is 0 Å². The first-order valence-corrected chi connectivity index (χ1v) is 4.82. The van der Waals surface area contributed by atoms with Gasteiger partial charge in [-0.2, -0.15) is 0 Å². The van der Waals surface area contributed by atoms with Gasteiger partial charge in [0.1, 0.15) is 0 Å². The third kappa shape index (κ3) is 5.81. The van der Waals surface area contributed by atoms with Crippen molar-refractivity contribution in [1.29, 1.82) is 0 Å². The molecule has 1 atom stereocenters. The molecule has 0 amide bonds. The van der Waals surface area contributed by atoms with Crippen molar-refractivity contribution < 1.29 is 9.47 Å². The average molecular weight is 195 g/mol. The van der Waals surface area contributed by atoms with Crippen molar-refractivity contribution in [2.24, 2.45) is 0 Å². The second kappa shape index (κ2) is 5.79. The summed E-state index contributed by atoms with van der Waals surface area (Å²) in [5, 5.41) is -0.116. The van der Waals surface area contributed by atoms with Gasteiger partial charge in [-0.3, -0.25) is 0 Å². The molecule has 0 aliphatic heterocycles. The highest BCUT2D eigenvalue weighted by molar-refractivity contribution is 6.20. The molecule has 0 aliphatic carbocycles. The average Bonchev–Trinajstić information content (AvgIpc) is 1.83. The van der Waals surface area contributed by atoms with Crippen LogP contribution in [0.25, 0.3) is 0 Å². The standard InChI is InChI=1S/C9H19ClO2/c1-6(2)11-9(8(5)10)12-7(3)4/h6-9H,1-5H3. The summed E-state index contributed by atoms with van der Waals surface area (Å²) in [4.78, 5) is 0. The van der Waals surface area contributed by atoms with Crippen molar-refractivity contribution in [3.8, 4) is 0 Å². The Hall–Kier alpha value is 0.210. The lowest BCUT2D eigenvalue weighted by atomic mass is 10.4. The van der Waals surface area contributed by atoms with Crippen LogP contribution >= 0.6 is 11.6 Å². The third-order valence-electron chi connectivity index (χ3n) is 1.19. The SMILES string of the molecule is CC(C)OC(OC(C)C)C(C)Cl. The van der Waals surface area contributed by atoms with E-state index in [1.54, 1.807) is 0 Å². The Morgan fingerprint density at radius 1 is 0.833 bits per heavy atom. The number of ether oxygens (including phenoxy) is 2. The lowest BCUT2D eigenvalue weighted by Crippen LogP contribution is -2.31. The molecular formula is C9H19ClO2. The van der Waals surface area contributed by atoms with Crippen molar-refractivity contribution in [2.75, 3.05) is 0 Å². The highest BCUT2D eigenvalue weighted by atomic mass is 35.5. The Bertz CT molecular complexity index is 103. The van der Waals surface area contributed by atoms with Gasteiger partial charge < -0.3 is 9.47 Å². The molecule has 3 heteroatoms. The Kier molecular flexibility index (Phi) is 5.89. The van der Waals surface area contributed by atoms with Crippen LogP contribution in [-0.2, 0) is 9.47 Å². The molecule has 0 aromatic rings. The fourth-order valence-corrected chi connectivity index (χ4v) is 0.904. The first-order chi connectivity index (χ1) is 5.43. The molecule has 2 nitrogen and oxygen atoms in total. The van der Waals surface area contributed by atoms with Crippen LogP contribution in [0.3, 0.4) is 0 Å². The second-order valence-corrected chi connectivity index (χ2v) is 4.10. The van der Waals surface area contributed by atoms with Crippen LogP contribution in [-0.4, -0.2) is 23.9 Å². The molecule has 0 N–H and O–H groups in total. The maximum Gasteiger partial charge on any atom is 0.174 e. The Balaban J connectivity index is 3.87. The zero-order valence-corrected chi connectivity index (χ0v) is 9.26. The summed E-state index contributed by atoms with van der Waals surface area (Å²) < 4.78 is 10.9. The number of alkyl halides is 1. The summed E-state index contributed by atoms with van der Waals surface area (Å²) in [6.07, 6.45) is -0.00318. The lowest BCUT2D eigenvalue weighted by molar-refractivity contribution is -0.179. The van der Waals surface area contributed by atoms with Crippen molar-refractivity contribution in [3.63, 3.8) is 0 Å². The minimum absolute atomic E-state index is 0.116. The van der Waals surface area contributed by atoms with Crippen LogP contribution in [0.1, 0.15) is 34.6 Å². The van der Waals surface area contributed by atoms with Gasteiger partial charge in [-0.15, -0.1) is 11.6 Å². The van der Waals surface area contributed by atoms with E-state index in [-0.39, 0.29) is 23.9 Å². The van der Waals surface area contributed by atoms with Crippen LogP contribution in [0.15, 0.2) is 0 Å². The highest BCUT2D eigenvalue weighted by Crippen LogP contribution is 2.12. The van der Waals surface area contributed by atoms with E-state index >= 15 is 0 Å². The van der Waals surface area contributed by atoms with E-state index in [0.29, 0.717) is 0 Å². The van der Waals surface area contributed by atoms with Crippen LogP contribution < -0.4 is 0 Å². The molecule has 74 valence electrons. The predicted octanol–water partition coefficient (Wildman–Crippen LogP) is 2.79. The molecule has 0 aliphatic rings. The minimum Gasteiger partial charge on any atom is -0.348 e. The van der Waals surface area contributed by atoms with Crippen LogP contribution in [0, 0.1) is 0 Å². The molecular weight excluding hydrogens is 176 g/mol. The number of rotatable bonds is 5. The van der Waals surface area contributed by atoms with E-state index in [4.69, 9.17) is 21.1 Å².